The van der Waals surface area contributed by atoms with Gasteiger partial charge < -0.3 is 5.32 Å². The third-order valence-corrected chi connectivity index (χ3v) is 6.73. The zero-order chi connectivity index (χ0) is 15.2. The fourth-order valence-electron chi connectivity index (χ4n) is 3.64. The van der Waals surface area contributed by atoms with Crippen molar-refractivity contribution in [2.45, 2.75) is 31.2 Å². The SMILES string of the molecule is CCC1C2CNCC2CN1S(=O)(=O)c1ccc(C)c(F)c1. The largest absolute Gasteiger partial charge is 0.316 e. The van der Waals surface area contributed by atoms with Gasteiger partial charge in [0.25, 0.3) is 0 Å². The maximum Gasteiger partial charge on any atom is 0.243 e. The molecule has 0 bridgehead atoms. The molecule has 2 saturated heterocycles. The van der Waals surface area contributed by atoms with E-state index in [1.807, 2.05) is 6.92 Å². The number of nitrogens with one attached hydrogen (secondary N) is 1. The van der Waals surface area contributed by atoms with E-state index in [1.165, 1.54) is 12.1 Å². The summed E-state index contributed by atoms with van der Waals surface area (Å²) in [5, 5.41) is 3.34. The second-order valence-corrected chi connectivity index (χ2v) is 7.93. The molecule has 0 amide bonds. The van der Waals surface area contributed by atoms with Crippen LogP contribution in [0, 0.1) is 24.6 Å². The molecule has 0 saturated carbocycles. The average Bonchev–Trinajstić information content (AvgIpc) is 3.01. The first-order valence-corrected chi connectivity index (χ1v) is 8.88. The van der Waals surface area contributed by atoms with Gasteiger partial charge in [0.05, 0.1) is 4.90 Å². The summed E-state index contributed by atoms with van der Waals surface area (Å²) in [6.07, 6.45) is 0.788. The Morgan fingerprint density at radius 2 is 2.14 bits per heavy atom. The van der Waals surface area contributed by atoms with Gasteiger partial charge in [0, 0.05) is 12.6 Å². The summed E-state index contributed by atoms with van der Waals surface area (Å²) < 4.78 is 41.0. The van der Waals surface area contributed by atoms with Crippen molar-refractivity contribution in [3.05, 3.63) is 29.6 Å². The molecule has 0 spiro atoms. The van der Waals surface area contributed by atoms with E-state index in [4.69, 9.17) is 0 Å². The fourth-order valence-corrected chi connectivity index (χ4v) is 5.45. The minimum absolute atomic E-state index is 0.0133. The van der Waals surface area contributed by atoms with Crippen molar-refractivity contribution in [2.24, 2.45) is 11.8 Å². The Balaban J connectivity index is 1.96. The highest BCUT2D eigenvalue weighted by Gasteiger charge is 2.48. The van der Waals surface area contributed by atoms with Crippen LogP contribution in [-0.2, 0) is 10.0 Å². The van der Waals surface area contributed by atoms with E-state index in [2.05, 4.69) is 5.32 Å². The fraction of sp³-hybridized carbons (Fsp3) is 0.600. The molecule has 1 N–H and O–H groups in total. The monoisotopic (exact) mass is 312 g/mol. The third kappa shape index (κ3) is 2.39. The Hall–Kier alpha value is -0.980. The van der Waals surface area contributed by atoms with E-state index in [0.29, 0.717) is 23.9 Å². The Morgan fingerprint density at radius 1 is 1.38 bits per heavy atom. The first kappa shape index (κ1) is 14.9. The lowest BCUT2D eigenvalue weighted by molar-refractivity contribution is 0.329. The molecule has 116 valence electrons. The number of nitrogens with zero attached hydrogens (tertiary/aromatic N) is 1. The number of hydrogen-bond donors (Lipinski definition) is 1. The van der Waals surface area contributed by atoms with Crippen LogP contribution in [-0.4, -0.2) is 38.4 Å². The summed E-state index contributed by atoms with van der Waals surface area (Å²) >= 11 is 0. The van der Waals surface area contributed by atoms with E-state index in [0.717, 1.165) is 25.6 Å². The molecule has 0 radical (unpaired) electrons. The maximum atomic E-state index is 13.7. The van der Waals surface area contributed by atoms with Gasteiger partial charge in [-0.2, -0.15) is 4.31 Å². The number of fused-ring (bicyclic) bond motifs is 1. The first-order valence-electron chi connectivity index (χ1n) is 7.44. The number of halogens is 1. The van der Waals surface area contributed by atoms with Crippen LogP contribution in [0.4, 0.5) is 4.39 Å². The van der Waals surface area contributed by atoms with Gasteiger partial charge in [0.2, 0.25) is 10.0 Å². The van der Waals surface area contributed by atoms with Gasteiger partial charge in [-0.05, 0) is 56.0 Å². The van der Waals surface area contributed by atoms with Crippen LogP contribution in [0.15, 0.2) is 23.1 Å². The van der Waals surface area contributed by atoms with E-state index in [1.54, 1.807) is 11.2 Å². The minimum Gasteiger partial charge on any atom is -0.316 e. The highest BCUT2D eigenvalue weighted by atomic mass is 32.2. The van der Waals surface area contributed by atoms with Gasteiger partial charge in [-0.1, -0.05) is 13.0 Å². The molecule has 4 nitrogen and oxygen atoms in total. The number of sulfonamides is 1. The van der Waals surface area contributed by atoms with Crippen LogP contribution in [0.3, 0.4) is 0 Å². The molecule has 1 aromatic rings. The second-order valence-electron chi connectivity index (χ2n) is 6.04. The second kappa shape index (κ2) is 5.34. The molecule has 2 aliphatic heterocycles. The average molecular weight is 312 g/mol. The lowest BCUT2D eigenvalue weighted by Gasteiger charge is -2.26. The molecule has 2 fully saturated rings. The van der Waals surface area contributed by atoms with Gasteiger partial charge >= 0.3 is 0 Å². The molecule has 6 heteroatoms. The lowest BCUT2D eigenvalue weighted by Crippen LogP contribution is -2.39. The Morgan fingerprint density at radius 3 is 2.81 bits per heavy atom. The number of benzene rings is 1. The molecule has 1 aromatic carbocycles. The summed E-state index contributed by atoms with van der Waals surface area (Å²) in [5.74, 6) is 0.283. The number of rotatable bonds is 3. The standard InChI is InChI=1S/C15H21FN2O2S/c1-3-15-13-8-17-7-11(13)9-18(15)21(19,20)12-5-4-10(2)14(16)6-12/h4-6,11,13,15,17H,3,7-9H2,1-2H3. The van der Waals surface area contributed by atoms with Gasteiger partial charge in [-0.25, -0.2) is 12.8 Å². The van der Waals surface area contributed by atoms with Crippen molar-refractivity contribution in [3.8, 4) is 0 Å². The Kier molecular flexibility index (Phi) is 3.80. The lowest BCUT2D eigenvalue weighted by atomic mass is 9.93. The number of hydrogen-bond acceptors (Lipinski definition) is 3. The first-order chi connectivity index (χ1) is 9.95. The summed E-state index contributed by atoms with van der Waals surface area (Å²) in [4.78, 5) is 0.0667. The van der Waals surface area contributed by atoms with Crippen LogP contribution < -0.4 is 5.32 Å². The third-order valence-electron chi connectivity index (χ3n) is 4.84. The molecule has 0 aliphatic carbocycles. The van der Waals surface area contributed by atoms with Gasteiger partial charge in [0.15, 0.2) is 0 Å². The zero-order valence-corrected chi connectivity index (χ0v) is 13.2. The number of aryl methyl sites for hydroxylation is 1. The summed E-state index contributed by atoms with van der Waals surface area (Å²) in [6.45, 7) is 5.93. The van der Waals surface area contributed by atoms with E-state index in [9.17, 15) is 12.8 Å². The molecular formula is C15H21FN2O2S. The van der Waals surface area contributed by atoms with Crippen LogP contribution in [0.5, 0.6) is 0 Å². The summed E-state index contributed by atoms with van der Waals surface area (Å²) in [5.41, 5.74) is 0.462. The smallest absolute Gasteiger partial charge is 0.243 e. The quantitative estimate of drug-likeness (QED) is 0.925. The van der Waals surface area contributed by atoms with Crippen molar-refractivity contribution in [2.75, 3.05) is 19.6 Å². The van der Waals surface area contributed by atoms with Crippen molar-refractivity contribution >= 4 is 10.0 Å². The minimum atomic E-state index is -3.62. The van der Waals surface area contributed by atoms with Crippen molar-refractivity contribution in [1.29, 1.82) is 0 Å². The van der Waals surface area contributed by atoms with Gasteiger partial charge in [-0.15, -0.1) is 0 Å². The van der Waals surface area contributed by atoms with Gasteiger partial charge in [-0.3, -0.25) is 0 Å². The Bertz CT molecular complexity index is 647. The molecule has 3 atom stereocenters. The predicted octanol–water partition coefficient (Wildman–Crippen LogP) is 1.75. The molecule has 0 aromatic heterocycles. The van der Waals surface area contributed by atoms with Crippen LogP contribution in [0.2, 0.25) is 0 Å². The predicted molar refractivity (Wildman–Crippen MR) is 79.0 cm³/mol. The zero-order valence-electron chi connectivity index (χ0n) is 12.3. The van der Waals surface area contributed by atoms with E-state index < -0.39 is 15.8 Å². The molecule has 3 rings (SSSR count). The molecular weight excluding hydrogens is 291 g/mol. The van der Waals surface area contributed by atoms with Crippen LogP contribution in [0.25, 0.3) is 0 Å². The van der Waals surface area contributed by atoms with Crippen LogP contribution in [0.1, 0.15) is 18.9 Å². The summed E-state index contributed by atoms with van der Waals surface area (Å²) in [7, 11) is -3.62. The van der Waals surface area contributed by atoms with Crippen molar-refractivity contribution in [3.63, 3.8) is 0 Å². The molecule has 2 heterocycles. The molecule has 21 heavy (non-hydrogen) atoms. The topological polar surface area (TPSA) is 49.4 Å². The van der Waals surface area contributed by atoms with Gasteiger partial charge in [0.1, 0.15) is 5.82 Å². The molecule has 2 aliphatic rings. The highest BCUT2D eigenvalue weighted by molar-refractivity contribution is 7.89. The van der Waals surface area contributed by atoms with E-state index >= 15 is 0 Å². The van der Waals surface area contributed by atoms with E-state index in [-0.39, 0.29) is 10.9 Å². The Labute approximate surface area is 125 Å². The highest BCUT2D eigenvalue weighted by Crippen LogP contribution is 2.37. The normalized spacial score (nSPS) is 29.8. The molecule has 3 unspecified atom stereocenters. The maximum absolute atomic E-state index is 13.7. The van der Waals surface area contributed by atoms with Crippen LogP contribution >= 0.6 is 0 Å². The van der Waals surface area contributed by atoms with Crippen molar-refractivity contribution in [1.82, 2.24) is 9.62 Å². The summed E-state index contributed by atoms with van der Waals surface area (Å²) in [6, 6.07) is 4.19. The van der Waals surface area contributed by atoms with Crippen molar-refractivity contribution < 1.29 is 12.8 Å².